The molecule has 2 rings (SSSR count). The Morgan fingerprint density at radius 2 is 1.96 bits per heavy atom. The number of ether oxygens (including phenoxy) is 1. The van der Waals surface area contributed by atoms with Crippen LogP contribution < -0.4 is 5.32 Å². The van der Waals surface area contributed by atoms with E-state index in [1.54, 1.807) is 6.92 Å². The first-order valence-electron chi connectivity index (χ1n) is 6.98. The smallest absolute Gasteiger partial charge is 0.307 e. The zero-order valence-corrected chi connectivity index (χ0v) is 13.9. The molecule has 1 N–H and O–H groups in total. The monoisotopic (exact) mass is 336 g/mol. The molecule has 1 aromatic heterocycles. The number of esters is 1. The minimum absolute atomic E-state index is 0.0370. The van der Waals surface area contributed by atoms with Crippen LogP contribution in [0.4, 0.5) is 4.39 Å². The molecule has 7 heteroatoms. The molecular weight excluding hydrogens is 319 g/mol. The molecule has 5 nitrogen and oxygen atoms in total. The summed E-state index contributed by atoms with van der Waals surface area (Å²) < 4.78 is 17.7. The summed E-state index contributed by atoms with van der Waals surface area (Å²) in [5.74, 6) is -1.16. The van der Waals surface area contributed by atoms with Crippen molar-refractivity contribution < 1.29 is 18.7 Å². The number of halogens is 1. The third kappa shape index (κ3) is 4.35. The van der Waals surface area contributed by atoms with E-state index in [4.69, 9.17) is 0 Å². The molecule has 0 aliphatic heterocycles. The second-order valence-corrected chi connectivity index (χ2v) is 6.21. The Kier molecular flexibility index (Phi) is 5.44. The van der Waals surface area contributed by atoms with Gasteiger partial charge >= 0.3 is 5.97 Å². The SMILES string of the molecule is COC(=O)C[C@H](NC(=O)c1sc(C)nc1C)c1ccc(F)cc1. The van der Waals surface area contributed by atoms with Crippen molar-refractivity contribution in [3.8, 4) is 0 Å². The van der Waals surface area contributed by atoms with Crippen LogP contribution in [-0.4, -0.2) is 24.0 Å². The average Bonchev–Trinajstić information content (AvgIpc) is 2.86. The van der Waals surface area contributed by atoms with Crippen LogP contribution in [-0.2, 0) is 9.53 Å². The number of hydrogen-bond acceptors (Lipinski definition) is 5. The molecule has 0 spiro atoms. The Hall–Kier alpha value is -2.28. The first-order chi connectivity index (χ1) is 10.9. The highest BCUT2D eigenvalue weighted by Gasteiger charge is 2.22. The summed E-state index contributed by atoms with van der Waals surface area (Å²) >= 11 is 1.29. The molecule has 1 atom stereocenters. The van der Waals surface area contributed by atoms with Gasteiger partial charge in [-0.1, -0.05) is 12.1 Å². The Balaban J connectivity index is 2.23. The van der Waals surface area contributed by atoms with Crippen LogP contribution in [0, 0.1) is 19.7 Å². The number of aryl methyl sites for hydroxylation is 2. The first kappa shape index (κ1) is 17.1. The van der Waals surface area contributed by atoms with E-state index in [1.807, 2.05) is 6.92 Å². The van der Waals surface area contributed by atoms with Gasteiger partial charge in [-0.3, -0.25) is 9.59 Å². The lowest BCUT2D eigenvalue weighted by Gasteiger charge is -2.18. The van der Waals surface area contributed by atoms with E-state index in [0.29, 0.717) is 16.1 Å². The van der Waals surface area contributed by atoms with Crippen molar-refractivity contribution in [2.75, 3.05) is 7.11 Å². The minimum Gasteiger partial charge on any atom is -0.469 e. The second kappa shape index (κ2) is 7.32. The van der Waals surface area contributed by atoms with E-state index < -0.39 is 12.0 Å². The topological polar surface area (TPSA) is 68.3 Å². The maximum atomic E-state index is 13.1. The van der Waals surface area contributed by atoms with Gasteiger partial charge in [-0.15, -0.1) is 11.3 Å². The highest BCUT2D eigenvalue weighted by Crippen LogP contribution is 2.22. The largest absolute Gasteiger partial charge is 0.469 e. The first-order valence-corrected chi connectivity index (χ1v) is 7.79. The lowest BCUT2D eigenvalue weighted by Crippen LogP contribution is -2.30. The minimum atomic E-state index is -0.600. The molecular formula is C16H17FN2O3S. The number of nitrogens with zero attached hydrogens (tertiary/aromatic N) is 1. The molecule has 122 valence electrons. The number of hydrogen-bond donors (Lipinski definition) is 1. The molecule has 1 heterocycles. The fraction of sp³-hybridized carbons (Fsp3) is 0.312. The molecule has 1 amide bonds. The van der Waals surface area contributed by atoms with E-state index in [9.17, 15) is 14.0 Å². The second-order valence-electron chi connectivity index (χ2n) is 5.01. The number of aromatic nitrogens is 1. The van der Waals surface area contributed by atoms with Gasteiger partial charge in [-0.2, -0.15) is 0 Å². The molecule has 0 bridgehead atoms. The van der Waals surface area contributed by atoms with Gasteiger partial charge in [0.2, 0.25) is 0 Å². The average molecular weight is 336 g/mol. The van der Waals surface area contributed by atoms with Crippen LogP contribution in [0.2, 0.25) is 0 Å². The van der Waals surface area contributed by atoms with Gasteiger partial charge < -0.3 is 10.1 Å². The van der Waals surface area contributed by atoms with Gasteiger partial charge in [0.25, 0.3) is 5.91 Å². The van der Waals surface area contributed by atoms with Crippen LogP contribution in [0.5, 0.6) is 0 Å². The van der Waals surface area contributed by atoms with Crippen LogP contribution in [0.3, 0.4) is 0 Å². The molecule has 1 aromatic carbocycles. The Morgan fingerprint density at radius 3 is 2.48 bits per heavy atom. The highest BCUT2D eigenvalue weighted by molar-refractivity contribution is 7.13. The number of carbonyl (C=O) groups excluding carboxylic acids is 2. The van der Waals surface area contributed by atoms with Crippen LogP contribution in [0.15, 0.2) is 24.3 Å². The van der Waals surface area contributed by atoms with Crippen molar-refractivity contribution in [3.63, 3.8) is 0 Å². The number of amides is 1. The van der Waals surface area contributed by atoms with E-state index in [0.717, 1.165) is 5.01 Å². The molecule has 0 aliphatic carbocycles. The van der Waals surface area contributed by atoms with E-state index in [-0.39, 0.29) is 18.1 Å². The molecule has 2 aromatic rings. The van der Waals surface area contributed by atoms with Crippen molar-refractivity contribution in [2.45, 2.75) is 26.3 Å². The van der Waals surface area contributed by atoms with Gasteiger partial charge in [0.1, 0.15) is 10.7 Å². The van der Waals surface area contributed by atoms with E-state index in [2.05, 4.69) is 15.0 Å². The van der Waals surface area contributed by atoms with Crippen LogP contribution >= 0.6 is 11.3 Å². The predicted molar refractivity (Wildman–Crippen MR) is 84.8 cm³/mol. The van der Waals surface area contributed by atoms with Crippen molar-refractivity contribution in [1.29, 1.82) is 0 Å². The van der Waals surface area contributed by atoms with Crippen LogP contribution in [0.25, 0.3) is 0 Å². The molecule has 0 saturated carbocycles. The fourth-order valence-electron chi connectivity index (χ4n) is 2.16. The van der Waals surface area contributed by atoms with Crippen molar-refractivity contribution in [3.05, 3.63) is 51.2 Å². The number of rotatable bonds is 5. The summed E-state index contributed by atoms with van der Waals surface area (Å²) in [6.45, 7) is 3.58. The Labute approximate surface area is 137 Å². The van der Waals surface area contributed by atoms with E-state index >= 15 is 0 Å². The molecule has 23 heavy (non-hydrogen) atoms. The molecule has 0 aliphatic rings. The summed E-state index contributed by atoms with van der Waals surface area (Å²) in [5.41, 5.74) is 1.27. The summed E-state index contributed by atoms with van der Waals surface area (Å²) in [6, 6.07) is 5.04. The molecule has 0 fully saturated rings. The van der Waals surface area contributed by atoms with Crippen molar-refractivity contribution >= 4 is 23.2 Å². The third-order valence-electron chi connectivity index (χ3n) is 3.29. The van der Waals surface area contributed by atoms with Gasteiger partial charge in [0, 0.05) is 0 Å². The molecule has 0 unspecified atom stereocenters. The quantitative estimate of drug-likeness (QED) is 0.853. The molecule has 0 saturated heterocycles. The van der Waals surface area contributed by atoms with Crippen molar-refractivity contribution in [1.82, 2.24) is 10.3 Å². The van der Waals surface area contributed by atoms with E-state index in [1.165, 1.54) is 42.7 Å². The van der Waals surface area contributed by atoms with Gasteiger partial charge in [-0.05, 0) is 31.5 Å². The number of carbonyl (C=O) groups is 2. The summed E-state index contributed by atoms with van der Waals surface area (Å²) in [7, 11) is 1.28. The van der Waals surface area contributed by atoms with Gasteiger partial charge in [-0.25, -0.2) is 9.37 Å². The number of nitrogens with one attached hydrogen (secondary N) is 1. The summed E-state index contributed by atoms with van der Waals surface area (Å²) in [5, 5.41) is 3.59. The van der Waals surface area contributed by atoms with Gasteiger partial charge in [0.05, 0.1) is 30.3 Å². The number of benzene rings is 1. The maximum absolute atomic E-state index is 13.1. The zero-order chi connectivity index (χ0) is 17.0. The highest BCUT2D eigenvalue weighted by atomic mass is 32.1. The lowest BCUT2D eigenvalue weighted by atomic mass is 10.0. The lowest BCUT2D eigenvalue weighted by molar-refractivity contribution is -0.141. The standard InChI is InChI=1S/C16H17FN2O3S/c1-9-15(23-10(2)18-9)16(21)19-13(8-14(20)22-3)11-4-6-12(17)7-5-11/h4-7,13H,8H2,1-3H3,(H,19,21)/t13-/m0/s1. The fourth-order valence-corrected chi connectivity index (χ4v) is 2.99. The maximum Gasteiger partial charge on any atom is 0.307 e. The number of methoxy groups -OCH3 is 1. The zero-order valence-electron chi connectivity index (χ0n) is 13.1. The Morgan fingerprint density at radius 1 is 1.30 bits per heavy atom. The third-order valence-corrected chi connectivity index (χ3v) is 4.36. The normalized spacial score (nSPS) is 11.8. The number of thiazole rings is 1. The predicted octanol–water partition coefficient (Wildman–Crippen LogP) is 2.93. The summed E-state index contributed by atoms with van der Waals surface area (Å²) in [4.78, 5) is 28.7. The van der Waals surface area contributed by atoms with Crippen molar-refractivity contribution in [2.24, 2.45) is 0 Å². The summed E-state index contributed by atoms with van der Waals surface area (Å²) in [6.07, 6.45) is -0.0370. The van der Waals surface area contributed by atoms with Crippen LogP contribution in [0.1, 0.15) is 38.4 Å². The molecule has 0 radical (unpaired) electrons. The Bertz CT molecular complexity index is 713. The van der Waals surface area contributed by atoms with Gasteiger partial charge in [0.15, 0.2) is 0 Å².